The molecule has 0 spiro atoms. The Morgan fingerprint density at radius 3 is 2.66 bits per heavy atom. The van der Waals surface area contributed by atoms with Crippen molar-refractivity contribution in [3.05, 3.63) is 54.0 Å². The lowest BCUT2D eigenvalue weighted by molar-refractivity contribution is 0.0381. The monoisotopic (exact) mass is 474 g/mol. The van der Waals surface area contributed by atoms with Gasteiger partial charge in [0.1, 0.15) is 39.4 Å². The fourth-order valence-corrected chi connectivity index (χ4v) is 5.11. The van der Waals surface area contributed by atoms with Gasteiger partial charge in [-0.2, -0.15) is 4.31 Å². The second-order valence-electron chi connectivity index (χ2n) is 7.98. The Labute approximate surface area is 190 Å². The van der Waals surface area contributed by atoms with Crippen LogP contribution >= 0.6 is 11.3 Å². The number of carbonyl (C=O) groups excluding carboxylic acids is 1. The van der Waals surface area contributed by atoms with Crippen molar-refractivity contribution in [1.82, 2.24) is 9.29 Å². The molecule has 0 aliphatic carbocycles. The lowest BCUT2D eigenvalue weighted by atomic mass is 10.2. The predicted octanol–water partition coefficient (Wildman–Crippen LogP) is 4.92. The van der Waals surface area contributed by atoms with Crippen molar-refractivity contribution >= 4 is 27.5 Å². The second-order valence-corrected chi connectivity index (χ2v) is 10.7. The zero-order chi connectivity index (χ0) is 22.9. The molecule has 0 N–H and O–H groups in total. The normalized spacial score (nSPS) is 15.3. The van der Waals surface area contributed by atoms with Crippen molar-refractivity contribution in [2.45, 2.75) is 31.3 Å². The van der Waals surface area contributed by atoms with Gasteiger partial charge >= 0.3 is 6.09 Å². The summed E-state index contributed by atoms with van der Waals surface area (Å²) in [5, 5.41) is 2.73. The zero-order valence-electron chi connectivity index (χ0n) is 17.8. The van der Waals surface area contributed by atoms with Crippen molar-refractivity contribution < 1.29 is 27.4 Å². The number of benzene rings is 2. The molecule has 0 unspecified atom stereocenters. The van der Waals surface area contributed by atoms with Crippen LogP contribution in [0, 0.1) is 0 Å². The van der Waals surface area contributed by atoms with E-state index < -0.39 is 21.7 Å². The SMILES string of the molecule is CC(C)(C)OC(=O)N1CCOc2ccc(Oc3cccc(-c4nccs4)c3)cc2S1(=O)=O. The Morgan fingerprint density at radius 2 is 1.94 bits per heavy atom. The Morgan fingerprint density at radius 1 is 1.16 bits per heavy atom. The average molecular weight is 475 g/mol. The first kappa shape index (κ1) is 22.1. The number of thiazole rings is 1. The van der Waals surface area contributed by atoms with Crippen molar-refractivity contribution in [2.75, 3.05) is 13.2 Å². The molecule has 10 heteroatoms. The Bertz CT molecular complexity index is 1230. The molecule has 1 aromatic heterocycles. The van der Waals surface area contributed by atoms with E-state index in [0.717, 1.165) is 10.6 Å². The average Bonchev–Trinajstić information content (AvgIpc) is 3.21. The molecule has 0 bridgehead atoms. The smallest absolute Gasteiger partial charge is 0.424 e. The molecule has 0 fully saturated rings. The molecule has 8 nitrogen and oxygen atoms in total. The number of carbonyl (C=O) groups is 1. The van der Waals surface area contributed by atoms with E-state index in [1.165, 1.54) is 23.5 Å². The van der Waals surface area contributed by atoms with Crippen LogP contribution in [0.5, 0.6) is 17.2 Å². The molecule has 1 aliphatic heterocycles. The van der Waals surface area contributed by atoms with Crippen LogP contribution in [-0.4, -0.2) is 42.6 Å². The number of sulfonamides is 1. The van der Waals surface area contributed by atoms with Gasteiger partial charge in [-0.05, 0) is 45.0 Å². The molecule has 4 rings (SSSR count). The third kappa shape index (κ3) is 4.71. The van der Waals surface area contributed by atoms with Gasteiger partial charge in [-0.3, -0.25) is 0 Å². The molecule has 0 radical (unpaired) electrons. The van der Waals surface area contributed by atoms with E-state index in [-0.39, 0.29) is 23.8 Å². The van der Waals surface area contributed by atoms with E-state index >= 15 is 0 Å². The molecule has 32 heavy (non-hydrogen) atoms. The van der Waals surface area contributed by atoms with Gasteiger partial charge in [-0.15, -0.1) is 11.3 Å². The first-order valence-electron chi connectivity index (χ1n) is 9.84. The molecule has 2 aromatic carbocycles. The number of hydrogen-bond donors (Lipinski definition) is 0. The predicted molar refractivity (Wildman–Crippen MR) is 120 cm³/mol. The Hall–Kier alpha value is -3.11. The van der Waals surface area contributed by atoms with Crippen LogP contribution in [0.1, 0.15) is 20.8 Å². The summed E-state index contributed by atoms with van der Waals surface area (Å²) in [6.07, 6.45) is 0.776. The standard InChI is InChI=1S/C22H22N2O6S2/c1-22(2,3)30-21(25)24-10-11-28-18-8-7-17(14-19(18)32(24,26)27)29-16-6-4-5-15(13-16)20-23-9-12-31-20/h4-9,12-14H,10-11H2,1-3H3. The van der Waals surface area contributed by atoms with Gasteiger partial charge in [0.25, 0.3) is 10.0 Å². The molecule has 0 saturated carbocycles. The van der Waals surface area contributed by atoms with Crippen LogP contribution in [0.15, 0.2) is 58.9 Å². The number of ether oxygens (including phenoxy) is 3. The molecule has 1 aliphatic rings. The third-order valence-corrected chi connectivity index (χ3v) is 6.99. The van der Waals surface area contributed by atoms with Crippen LogP contribution in [0.3, 0.4) is 0 Å². The van der Waals surface area contributed by atoms with E-state index in [1.54, 1.807) is 39.1 Å². The molecule has 168 valence electrons. The van der Waals surface area contributed by atoms with E-state index in [0.29, 0.717) is 15.8 Å². The minimum absolute atomic E-state index is 0.0154. The number of rotatable bonds is 3. The summed E-state index contributed by atoms with van der Waals surface area (Å²) in [4.78, 5) is 16.7. The Kier molecular flexibility index (Phi) is 5.83. The van der Waals surface area contributed by atoms with Crippen LogP contribution in [-0.2, 0) is 14.8 Å². The summed E-state index contributed by atoms with van der Waals surface area (Å²) < 4.78 is 44.0. The van der Waals surface area contributed by atoms with Gasteiger partial charge in [0.05, 0.1) is 6.54 Å². The minimum atomic E-state index is -4.20. The largest absolute Gasteiger partial charge is 0.490 e. The zero-order valence-corrected chi connectivity index (χ0v) is 19.4. The summed E-state index contributed by atoms with van der Waals surface area (Å²) in [6, 6.07) is 11.8. The molecular formula is C22H22N2O6S2. The molecule has 0 saturated heterocycles. The number of aromatic nitrogens is 1. The van der Waals surface area contributed by atoms with Crippen LogP contribution in [0.25, 0.3) is 10.6 Å². The number of nitrogens with zero attached hydrogens (tertiary/aromatic N) is 2. The van der Waals surface area contributed by atoms with E-state index in [1.807, 2.05) is 23.6 Å². The molecule has 0 atom stereocenters. The third-order valence-electron chi connectivity index (χ3n) is 4.38. The summed E-state index contributed by atoms with van der Waals surface area (Å²) in [6.45, 7) is 4.88. The lowest BCUT2D eigenvalue weighted by Gasteiger charge is -2.25. The maximum Gasteiger partial charge on any atom is 0.424 e. The highest BCUT2D eigenvalue weighted by Gasteiger charge is 2.37. The van der Waals surface area contributed by atoms with E-state index in [2.05, 4.69) is 4.98 Å². The van der Waals surface area contributed by atoms with Crippen LogP contribution < -0.4 is 9.47 Å². The number of fused-ring (bicyclic) bond motifs is 1. The van der Waals surface area contributed by atoms with Gasteiger partial charge in [0.2, 0.25) is 0 Å². The van der Waals surface area contributed by atoms with E-state index in [4.69, 9.17) is 14.2 Å². The van der Waals surface area contributed by atoms with Gasteiger partial charge in [0, 0.05) is 23.2 Å². The molecule has 2 heterocycles. The maximum atomic E-state index is 13.2. The molecular weight excluding hydrogens is 452 g/mol. The highest BCUT2D eigenvalue weighted by Crippen LogP contribution is 2.35. The fraction of sp³-hybridized carbons (Fsp3) is 0.273. The van der Waals surface area contributed by atoms with Crippen molar-refractivity contribution in [2.24, 2.45) is 0 Å². The summed E-state index contributed by atoms with van der Waals surface area (Å²) >= 11 is 1.51. The van der Waals surface area contributed by atoms with Crippen molar-refractivity contribution in [3.8, 4) is 27.8 Å². The topological polar surface area (TPSA) is 95.0 Å². The van der Waals surface area contributed by atoms with Crippen molar-refractivity contribution in [1.29, 1.82) is 0 Å². The van der Waals surface area contributed by atoms with Gasteiger partial charge in [0.15, 0.2) is 0 Å². The highest BCUT2D eigenvalue weighted by molar-refractivity contribution is 7.89. The Balaban J connectivity index is 1.64. The van der Waals surface area contributed by atoms with Gasteiger partial charge < -0.3 is 14.2 Å². The van der Waals surface area contributed by atoms with E-state index in [9.17, 15) is 13.2 Å². The summed E-state index contributed by atoms with van der Waals surface area (Å²) in [7, 11) is -4.20. The highest BCUT2D eigenvalue weighted by atomic mass is 32.2. The van der Waals surface area contributed by atoms with Gasteiger partial charge in [-0.25, -0.2) is 18.2 Å². The van der Waals surface area contributed by atoms with Crippen molar-refractivity contribution in [3.63, 3.8) is 0 Å². The lowest BCUT2D eigenvalue weighted by Crippen LogP contribution is -2.41. The maximum absolute atomic E-state index is 13.2. The van der Waals surface area contributed by atoms with Crippen LogP contribution in [0.2, 0.25) is 0 Å². The molecule has 3 aromatic rings. The fourth-order valence-electron chi connectivity index (χ4n) is 3.05. The first-order valence-corrected chi connectivity index (χ1v) is 12.2. The quantitative estimate of drug-likeness (QED) is 0.532. The second kappa shape index (κ2) is 8.44. The molecule has 1 amide bonds. The summed E-state index contributed by atoms with van der Waals surface area (Å²) in [5.74, 6) is 0.965. The first-order chi connectivity index (χ1) is 15.1. The van der Waals surface area contributed by atoms with Gasteiger partial charge in [-0.1, -0.05) is 12.1 Å². The minimum Gasteiger partial charge on any atom is -0.490 e. The number of amides is 1. The number of hydrogen-bond acceptors (Lipinski definition) is 8. The summed E-state index contributed by atoms with van der Waals surface area (Å²) in [5.41, 5.74) is 0.0509. The van der Waals surface area contributed by atoms with Crippen LogP contribution in [0.4, 0.5) is 4.79 Å².